The van der Waals surface area contributed by atoms with Crippen molar-refractivity contribution in [2.24, 2.45) is 0 Å². The second kappa shape index (κ2) is 11.0. The molecule has 1 aliphatic heterocycles. The predicted octanol–water partition coefficient (Wildman–Crippen LogP) is 1.78. The van der Waals surface area contributed by atoms with Gasteiger partial charge in [0.2, 0.25) is 15.8 Å². The van der Waals surface area contributed by atoms with Gasteiger partial charge in [0.15, 0.2) is 16.6 Å². The van der Waals surface area contributed by atoms with Crippen molar-refractivity contribution in [1.29, 1.82) is 0 Å². The summed E-state index contributed by atoms with van der Waals surface area (Å²) in [5.74, 6) is 0.561. The lowest BCUT2D eigenvalue weighted by molar-refractivity contribution is 0.0977. The van der Waals surface area contributed by atoms with Crippen LogP contribution in [-0.2, 0) is 10.0 Å². The topological polar surface area (TPSA) is 109 Å². The van der Waals surface area contributed by atoms with Crippen molar-refractivity contribution in [3.05, 3.63) is 42.0 Å². The van der Waals surface area contributed by atoms with Crippen LogP contribution in [0, 0.1) is 0 Å². The zero-order valence-corrected chi connectivity index (χ0v) is 21.1. The van der Waals surface area contributed by atoms with Gasteiger partial charge in [0.1, 0.15) is 0 Å². The maximum atomic E-state index is 12.9. The van der Waals surface area contributed by atoms with Crippen molar-refractivity contribution >= 4 is 38.9 Å². The molecule has 1 saturated heterocycles. The average Bonchev–Trinajstić information content (AvgIpc) is 2.83. The van der Waals surface area contributed by atoms with Crippen LogP contribution in [0.4, 0.5) is 5.69 Å². The number of methoxy groups -OCH3 is 3. The molecule has 2 N–H and O–H groups in total. The summed E-state index contributed by atoms with van der Waals surface area (Å²) >= 11 is 5.24. The highest BCUT2D eigenvalue weighted by Gasteiger charge is 2.27. The quantitative estimate of drug-likeness (QED) is 0.541. The number of piperazine rings is 1. The van der Waals surface area contributed by atoms with Crippen LogP contribution in [0.5, 0.6) is 17.2 Å². The number of ether oxygens (including phenoxy) is 3. The molecule has 34 heavy (non-hydrogen) atoms. The van der Waals surface area contributed by atoms with Gasteiger partial charge in [-0.3, -0.25) is 10.1 Å². The van der Waals surface area contributed by atoms with Crippen LogP contribution in [0.25, 0.3) is 0 Å². The van der Waals surface area contributed by atoms with Gasteiger partial charge < -0.3 is 24.4 Å². The van der Waals surface area contributed by atoms with E-state index in [9.17, 15) is 13.2 Å². The number of carbonyl (C=O) groups is 1. The number of amides is 1. The number of rotatable bonds is 7. The maximum absolute atomic E-state index is 12.9. The van der Waals surface area contributed by atoms with Crippen LogP contribution < -0.4 is 24.8 Å². The van der Waals surface area contributed by atoms with E-state index in [4.69, 9.17) is 26.4 Å². The lowest BCUT2D eigenvalue weighted by atomic mass is 10.1. The van der Waals surface area contributed by atoms with E-state index in [1.165, 1.54) is 49.9 Å². The highest BCUT2D eigenvalue weighted by molar-refractivity contribution is 7.89. The summed E-state index contributed by atoms with van der Waals surface area (Å²) in [6.45, 7) is 2.29. The molecule has 1 heterocycles. The van der Waals surface area contributed by atoms with Gasteiger partial charge in [-0.05, 0) is 55.7 Å². The molecule has 12 heteroatoms. The summed E-state index contributed by atoms with van der Waals surface area (Å²) in [5.41, 5.74) is 0.791. The van der Waals surface area contributed by atoms with Crippen molar-refractivity contribution in [3.63, 3.8) is 0 Å². The molecule has 1 aliphatic rings. The van der Waals surface area contributed by atoms with Crippen LogP contribution in [-0.4, -0.2) is 83.2 Å². The maximum Gasteiger partial charge on any atom is 0.257 e. The fourth-order valence-corrected chi connectivity index (χ4v) is 5.07. The molecule has 0 bridgehead atoms. The van der Waals surface area contributed by atoms with Crippen molar-refractivity contribution in [1.82, 2.24) is 14.5 Å². The second-order valence-corrected chi connectivity index (χ2v) is 9.90. The van der Waals surface area contributed by atoms with Crippen molar-refractivity contribution in [3.8, 4) is 17.2 Å². The molecule has 10 nitrogen and oxygen atoms in total. The second-order valence-electron chi connectivity index (χ2n) is 7.55. The summed E-state index contributed by atoms with van der Waals surface area (Å²) < 4.78 is 43.0. The molecular formula is C22H28N4O6S2. The van der Waals surface area contributed by atoms with E-state index >= 15 is 0 Å². The number of nitrogens with one attached hydrogen (secondary N) is 2. The molecule has 1 fully saturated rings. The predicted molar refractivity (Wildman–Crippen MR) is 132 cm³/mol. The Bertz CT molecular complexity index is 1120. The molecule has 184 valence electrons. The number of sulfonamides is 1. The first-order chi connectivity index (χ1) is 16.2. The monoisotopic (exact) mass is 508 g/mol. The minimum absolute atomic E-state index is 0.0495. The van der Waals surface area contributed by atoms with Crippen molar-refractivity contribution in [2.75, 3.05) is 59.9 Å². The van der Waals surface area contributed by atoms with Crippen LogP contribution in [0.1, 0.15) is 10.4 Å². The molecule has 0 unspecified atom stereocenters. The Kier molecular flexibility index (Phi) is 8.31. The Morgan fingerprint density at radius 3 is 2.00 bits per heavy atom. The number of thiocarbonyl (C=S) groups is 1. The molecule has 0 spiro atoms. The van der Waals surface area contributed by atoms with Gasteiger partial charge in [-0.1, -0.05) is 0 Å². The van der Waals surface area contributed by atoms with E-state index in [-0.39, 0.29) is 15.6 Å². The average molecular weight is 509 g/mol. The number of nitrogens with zero attached hydrogens (tertiary/aromatic N) is 2. The van der Waals surface area contributed by atoms with Crippen LogP contribution in [0.2, 0.25) is 0 Å². The molecule has 2 aromatic carbocycles. The number of hydrogen-bond donors (Lipinski definition) is 2. The van der Waals surface area contributed by atoms with Gasteiger partial charge in [-0.25, -0.2) is 8.42 Å². The van der Waals surface area contributed by atoms with E-state index < -0.39 is 15.9 Å². The summed E-state index contributed by atoms with van der Waals surface area (Å²) in [6, 6.07) is 9.25. The lowest BCUT2D eigenvalue weighted by Gasteiger charge is -2.31. The highest BCUT2D eigenvalue weighted by atomic mass is 32.2. The molecule has 0 atom stereocenters. The summed E-state index contributed by atoms with van der Waals surface area (Å²) in [4.78, 5) is 15.0. The first kappa shape index (κ1) is 25.7. The fourth-order valence-electron chi connectivity index (χ4n) is 3.44. The molecule has 0 aliphatic carbocycles. The number of hydrogen-bond acceptors (Lipinski definition) is 8. The normalized spacial score (nSPS) is 14.8. The summed E-state index contributed by atoms with van der Waals surface area (Å²) in [7, 11) is 2.79. The van der Waals surface area contributed by atoms with E-state index in [1.807, 2.05) is 7.05 Å². The number of benzene rings is 2. The lowest BCUT2D eigenvalue weighted by Crippen LogP contribution is -2.46. The van der Waals surface area contributed by atoms with Gasteiger partial charge >= 0.3 is 0 Å². The first-order valence-electron chi connectivity index (χ1n) is 10.4. The minimum Gasteiger partial charge on any atom is -0.493 e. The number of anilines is 1. The smallest absolute Gasteiger partial charge is 0.257 e. The highest BCUT2D eigenvalue weighted by Crippen LogP contribution is 2.38. The molecule has 0 aromatic heterocycles. The molecule has 0 saturated carbocycles. The standard InChI is InChI=1S/C22H28N4O6S2/c1-25-9-11-26(12-10-25)34(28,29)17-7-5-16(6-8-17)23-22(33)24-21(27)15-13-18(30-2)20(32-4)19(14-15)31-3/h5-8,13-14H,9-12H2,1-4H3,(H2,23,24,27,33). The van der Waals surface area contributed by atoms with E-state index in [0.717, 1.165) is 0 Å². The molecule has 1 amide bonds. The largest absolute Gasteiger partial charge is 0.493 e. The van der Waals surface area contributed by atoms with Crippen LogP contribution in [0.3, 0.4) is 0 Å². The van der Waals surface area contributed by atoms with Crippen molar-refractivity contribution < 1.29 is 27.4 Å². The summed E-state index contributed by atoms with van der Waals surface area (Å²) in [5, 5.41) is 5.52. The summed E-state index contributed by atoms with van der Waals surface area (Å²) in [6.07, 6.45) is 0. The Labute approximate surface area is 204 Å². The van der Waals surface area contributed by atoms with E-state index in [1.54, 1.807) is 12.1 Å². The Morgan fingerprint density at radius 1 is 0.941 bits per heavy atom. The zero-order chi connectivity index (χ0) is 24.9. The fraction of sp³-hybridized carbons (Fsp3) is 0.364. The first-order valence-corrected chi connectivity index (χ1v) is 12.3. The van der Waals surface area contributed by atoms with Gasteiger partial charge in [-0.2, -0.15) is 4.31 Å². The van der Waals surface area contributed by atoms with E-state index in [2.05, 4.69) is 15.5 Å². The van der Waals surface area contributed by atoms with Gasteiger partial charge in [0, 0.05) is 37.4 Å². The molecular weight excluding hydrogens is 480 g/mol. The Balaban J connectivity index is 1.66. The van der Waals surface area contributed by atoms with E-state index in [0.29, 0.717) is 49.1 Å². The SMILES string of the molecule is COc1cc(C(=O)NC(=S)Nc2ccc(S(=O)(=O)N3CCN(C)CC3)cc2)cc(OC)c1OC. The van der Waals surface area contributed by atoms with Crippen LogP contribution in [0.15, 0.2) is 41.3 Å². The number of carbonyl (C=O) groups excluding carboxylic acids is 1. The molecule has 3 rings (SSSR count). The van der Waals surface area contributed by atoms with Crippen LogP contribution >= 0.6 is 12.2 Å². The third-order valence-corrected chi connectivity index (χ3v) is 7.48. The van der Waals surface area contributed by atoms with Gasteiger partial charge in [0.25, 0.3) is 5.91 Å². The zero-order valence-electron chi connectivity index (χ0n) is 19.5. The minimum atomic E-state index is -3.56. The third kappa shape index (κ3) is 5.76. The van der Waals surface area contributed by atoms with Crippen molar-refractivity contribution in [2.45, 2.75) is 4.90 Å². The Hall–Kier alpha value is -2.93. The Morgan fingerprint density at radius 2 is 1.50 bits per heavy atom. The molecule has 2 aromatic rings. The van der Waals surface area contributed by atoms with Gasteiger partial charge in [0.05, 0.1) is 26.2 Å². The third-order valence-electron chi connectivity index (χ3n) is 5.37. The molecule has 0 radical (unpaired) electrons. The van der Waals surface area contributed by atoms with Gasteiger partial charge in [-0.15, -0.1) is 0 Å². The number of likely N-dealkylation sites (N-methyl/N-ethyl adjacent to an activating group) is 1.